The van der Waals surface area contributed by atoms with Crippen LogP contribution in [0.15, 0.2) is 24.4 Å². The largest absolute Gasteiger partial charge is 0.496 e. The van der Waals surface area contributed by atoms with Gasteiger partial charge in [0.2, 0.25) is 0 Å². The van der Waals surface area contributed by atoms with E-state index in [2.05, 4.69) is 4.98 Å². The fraction of sp³-hybridized carbons (Fsp3) is 0.333. The summed E-state index contributed by atoms with van der Waals surface area (Å²) in [6, 6.07) is 4.46. The van der Waals surface area contributed by atoms with Crippen LogP contribution in [0.25, 0.3) is 11.1 Å². The van der Waals surface area contributed by atoms with Gasteiger partial charge in [-0.3, -0.25) is 4.98 Å². The van der Waals surface area contributed by atoms with Crippen LogP contribution in [0.1, 0.15) is 53.4 Å². The zero-order valence-corrected chi connectivity index (χ0v) is 17.7. The number of hydrogen-bond donors (Lipinski definition) is 0. The predicted octanol–water partition coefficient (Wildman–Crippen LogP) is 6.69. The van der Waals surface area contributed by atoms with E-state index in [-0.39, 0.29) is 6.61 Å². The highest BCUT2D eigenvalue weighted by Crippen LogP contribution is 2.45. The minimum atomic E-state index is -4.78. The summed E-state index contributed by atoms with van der Waals surface area (Å²) < 4.78 is 50.3. The van der Waals surface area contributed by atoms with Crippen LogP contribution in [0.4, 0.5) is 13.2 Å². The number of rotatable bonds is 5. The van der Waals surface area contributed by atoms with Crippen LogP contribution in [0.5, 0.6) is 5.75 Å². The van der Waals surface area contributed by atoms with E-state index in [1.54, 1.807) is 12.1 Å². The number of nitrogens with zero attached hydrogens (tertiary/aromatic N) is 1. The van der Waals surface area contributed by atoms with Gasteiger partial charge in [0.1, 0.15) is 5.75 Å². The number of esters is 1. The molecule has 0 amide bonds. The number of allylic oxidation sites excluding steroid dienone is 2. The second-order valence-corrected chi connectivity index (χ2v) is 7.43. The molecule has 1 heterocycles. The van der Waals surface area contributed by atoms with Crippen molar-refractivity contribution in [2.75, 3.05) is 13.7 Å². The van der Waals surface area contributed by atoms with E-state index >= 15 is 0 Å². The van der Waals surface area contributed by atoms with Crippen LogP contribution in [0.2, 0.25) is 10.0 Å². The molecule has 0 unspecified atom stereocenters. The Hall–Kier alpha value is -2.25. The van der Waals surface area contributed by atoms with Gasteiger partial charge in [-0.15, -0.1) is 0 Å². The molecule has 1 aliphatic rings. The summed E-state index contributed by atoms with van der Waals surface area (Å²) in [4.78, 5) is 15.7. The van der Waals surface area contributed by atoms with Crippen molar-refractivity contribution in [3.05, 3.63) is 56.8 Å². The van der Waals surface area contributed by atoms with Crippen molar-refractivity contribution in [3.8, 4) is 5.75 Å². The average molecular weight is 460 g/mol. The lowest BCUT2D eigenvalue weighted by Gasteiger charge is -2.16. The summed E-state index contributed by atoms with van der Waals surface area (Å²) >= 11 is 12.3. The molecule has 0 spiro atoms. The summed E-state index contributed by atoms with van der Waals surface area (Å²) in [6.45, 7) is 1.48. The van der Waals surface area contributed by atoms with Crippen LogP contribution in [0, 0.1) is 0 Å². The van der Waals surface area contributed by atoms with E-state index < -0.39 is 23.4 Å². The molecule has 2 aromatic rings. The number of alkyl halides is 3. The number of benzene rings is 1. The number of hydrogen-bond acceptors (Lipinski definition) is 4. The molecule has 0 radical (unpaired) electrons. The summed E-state index contributed by atoms with van der Waals surface area (Å²) in [7, 11) is 1.50. The van der Waals surface area contributed by atoms with Gasteiger partial charge in [0.25, 0.3) is 0 Å². The van der Waals surface area contributed by atoms with E-state index in [1.807, 2.05) is 0 Å². The van der Waals surface area contributed by atoms with Crippen molar-refractivity contribution in [3.63, 3.8) is 0 Å². The summed E-state index contributed by atoms with van der Waals surface area (Å²) in [6.07, 6.45) is -1.59. The van der Waals surface area contributed by atoms with Crippen LogP contribution in [-0.4, -0.2) is 24.7 Å². The molecular weight excluding hydrogens is 442 g/mol. The summed E-state index contributed by atoms with van der Waals surface area (Å²) in [5, 5.41) is 0.669. The molecule has 0 saturated carbocycles. The quantitative estimate of drug-likeness (QED) is 0.467. The number of ether oxygens (including phenoxy) is 2. The maximum Gasteiger partial charge on any atom is 0.434 e. The smallest absolute Gasteiger partial charge is 0.434 e. The molecule has 0 N–H and O–H groups in total. The average Bonchev–Trinajstić information content (AvgIpc) is 3.18. The molecule has 0 fully saturated rings. The first kappa shape index (κ1) is 22.4. The maximum absolute atomic E-state index is 13.4. The van der Waals surface area contributed by atoms with Crippen LogP contribution in [-0.2, 0) is 10.9 Å². The highest BCUT2D eigenvalue weighted by Gasteiger charge is 2.38. The molecule has 4 nitrogen and oxygen atoms in total. The Balaban J connectivity index is 2.18. The zero-order valence-electron chi connectivity index (χ0n) is 16.2. The molecule has 0 saturated heterocycles. The van der Waals surface area contributed by atoms with Crippen LogP contribution in [0.3, 0.4) is 0 Å². The molecule has 3 rings (SSSR count). The second-order valence-electron chi connectivity index (χ2n) is 6.62. The predicted molar refractivity (Wildman–Crippen MR) is 109 cm³/mol. The molecule has 0 bridgehead atoms. The molecule has 1 aromatic heterocycles. The molecule has 9 heteroatoms. The summed E-state index contributed by atoms with van der Waals surface area (Å²) in [5.74, 6) is -0.560. The minimum absolute atomic E-state index is 0.0468. The van der Waals surface area contributed by atoms with Gasteiger partial charge < -0.3 is 9.47 Å². The number of pyridine rings is 1. The lowest BCUT2D eigenvalue weighted by Crippen LogP contribution is -2.17. The van der Waals surface area contributed by atoms with Gasteiger partial charge in [-0.2, -0.15) is 13.2 Å². The van der Waals surface area contributed by atoms with Crippen molar-refractivity contribution >= 4 is 40.3 Å². The molecule has 1 aromatic carbocycles. The Morgan fingerprint density at radius 2 is 1.80 bits per heavy atom. The van der Waals surface area contributed by atoms with Gasteiger partial charge >= 0.3 is 12.1 Å². The van der Waals surface area contributed by atoms with Crippen molar-refractivity contribution in [2.45, 2.75) is 32.4 Å². The Kier molecular flexibility index (Phi) is 6.62. The van der Waals surface area contributed by atoms with E-state index in [0.717, 1.165) is 23.8 Å². The number of carbonyl (C=O) groups excluding carboxylic acids is 1. The fourth-order valence-corrected chi connectivity index (χ4v) is 3.83. The SMILES string of the molecule is CCOC(=O)c1cc(C2=C(c3cc(Cl)c(Cl)cc3OC)CCC2)cnc1C(F)(F)F. The number of carbonyl (C=O) groups is 1. The standard InChI is InChI=1S/C21H18Cl2F3NO3/c1-3-30-20(28)15-7-11(10-27-19(15)21(24,25)26)12-5-4-6-13(12)14-8-16(22)17(23)9-18(14)29-2/h7-10H,3-6H2,1-2H3. The van der Waals surface area contributed by atoms with Crippen molar-refractivity contribution in [2.24, 2.45) is 0 Å². The second kappa shape index (κ2) is 8.86. The van der Waals surface area contributed by atoms with E-state index in [4.69, 9.17) is 32.7 Å². The van der Waals surface area contributed by atoms with Gasteiger partial charge in [0.15, 0.2) is 5.69 Å². The molecule has 0 atom stereocenters. The Morgan fingerprint density at radius 1 is 1.13 bits per heavy atom. The minimum Gasteiger partial charge on any atom is -0.496 e. The lowest BCUT2D eigenvalue weighted by atomic mass is 9.96. The monoisotopic (exact) mass is 459 g/mol. The van der Waals surface area contributed by atoms with Crippen molar-refractivity contribution in [1.82, 2.24) is 4.98 Å². The highest BCUT2D eigenvalue weighted by molar-refractivity contribution is 6.42. The third-order valence-corrected chi connectivity index (χ3v) is 5.51. The normalized spacial score (nSPS) is 14.2. The summed E-state index contributed by atoms with van der Waals surface area (Å²) in [5.41, 5.74) is 0.891. The van der Waals surface area contributed by atoms with E-state index in [0.29, 0.717) is 39.8 Å². The fourth-order valence-electron chi connectivity index (χ4n) is 3.51. The lowest BCUT2D eigenvalue weighted by molar-refractivity contribution is -0.141. The zero-order chi connectivity index (χ0) is 22.1. The first-order valence-electron chi connectivity index (χ1n) is 9.17. The van der Waals surface area contributed by atoms with Gasteiger partial charge in [0.05, 0.1) is 29.3 Å². The van der Waals surface area contributed by atoms with E-state index in [1.165, 1.54) is 20.1 Å². The third kappa shape index (κ3) is 4.42. The number of aromatic nitrogens is 1. The van der Waals surface area contributed by atoms with Crippen molar-refractivity contribution < 1.29 is 27.4 Å². The third-order valence-electron chi connectivity index (χ3n) is 4.79. The Labute approximate surface area is 181 Å². The van der Waals surface area contributed by atoms with Crippen LogP contribution < -0.4 is 4.74 Å². The first-order chi connectivity index (χ1) is 14.2. The molecule has 1 aliphatic carbocycles. The van der Waals surface area contributed by atoms with Crippen LogP contribution >= 0.6 is 23.2 Å². The molecule has 0 aliphatic heterocycles. The molecule has 160 valence electrons. The topological polar surface area (TPSA) is 48.4 Å². The number of halogens is 5. The van der Waals surface area contributed by atoms with Gasteiger partial charge in [-0.05, 0) is 55.0 Å². The first-order valence-corrected chi connectivity index (χ1v) is 9.93. The Bertz CT molecular complexity index is 1020. The molecule has 30 heavy (non-hydrogen) atoms. The van der Waals surface area contributed by atoms with Crippen molar-refractivity contribution in [1.29, 1.82) is 0 Å². The Morgan fingerprint density at radius 3 is 2.43 bits per heavy atom. The van der Waals surface area contributed by atoms with E-state index in [9.17, 15) is 18.0 Å². The highest BCUT2D eigenvalue weighted by atomic mass is 35.5. The van der Waals surface area contributed by atoms with Gasteiger partial charge in [0, 0.05) is 17.8 Å². The van der Waals surface area contributed by atoms with Gasteiger partial charge in [-0.25, -0.2) is 4.79 Å². The van der Waals surface area contributed by atoms with Gasteiger partial charge in [-0.1, -0.05) is 23.2 Å². The maximum atomic E-state index is 13.4. The number of methoxy groups -OCH3 is 1. The molecular formula is C21H18Cl2F3NO3.